The first-order valence-electron chi connectivity index (χ1n) is 0. The van der Waals surface area contributed by atoms with Gasteiger partial charge in [-0.1, -0.05) is 0 Å². The maximum absolute atomic E-state index is 0. The van der Waals surface area contributed by atoms with Crippen LogP contribution >= 0.6 is 0 Å². The van der Waals surface area contributed by atoms with E-state index in [0.29, 0.717) is 0 Å². The molecule has 0 aliphatic heterocycles. The summed E-state index contributed by atoms with van der Waals surface area (Å²) in [6.07, 6.45) is 0. The Hall–Kier alpha value is -0.240. The van der Waals surface area contributed by atoms with E-state index in [9.17, 15) is 0 Å². The summed E-state index contributed by atoms with van der Waals surface area (Å²) in [5.41, 5.74) is 0. The molecule has 0 bridgehead atoms. The van der Waals surface area contributed by atoms with Gasteiger partial charge in [-0.15, -0.1) is 0 Å². The lowest BCUT2D eigenvalue weighted by Gasteiger charge is -0.345. The number of hydrogen-bond donors (Lipinski definition) is 6. The zero-order valence-corrected chi connectivity index (χ0v) is 4.24. The number of rotatable bonds is 0. The Kier molecular flexibility index (Phi) is 441000. The van der Waals surface area contributed by atoms with Crippen molar-refractivity contribution in [2.45, 2.75) is 0 Å². The van der Waals surface area contributed by atoms with Gasteiger partial charge in [0.2, 0.25) is 0 Å². The molecule has 0 heterocycles. The molecule has 0 aromatic heterocycles. The fourth-order valence-electron chi connectivity index (χ4n) is 0. The summed E-state index contributed by atoms with van der Waals surface area (Å²) in [4.78, 5) is 0. The largest absolute Gasteiger partial charge is 0.344 e. The van der Waals surface area contributed by atoms with Crippen molar-refractivity contribution >= 4 is 0 Å². The van der Waals surface area contributed by atoms with Gasteiger partial charge in [0.05, 0.1) is 0 Å². The lowest BCUT2D eigenvalue weighted by Crippen LogP contribution is -0.482. The Morgan fingerprint density at radius 3 is 0.167 bits per heavy atom. The van der Waals surface area contributed by atoms with Crippen molar-refractivity contribution in [1.29, 1.82) is 0 Å². The van der Waals surface area contributed by atoms with E-state index >= 15 is 0 Å². The highest BCUT2D eigenvalue weighted by Gasteiger charge is -0.339. The summed E-state index contributed by atoms with van der Waals surface area (Å²) < 4.78 is 0. The molecule has 0 aromatic rings. The zero-order valence-electron chi connectivity index (χ0n) is 4.24. The van der Waals surface area contributed by atoms with Gasteiger partial charge in [0.25, 0.3) is 0 Å². The Bertz CT molecular complexity index is 0. The second kappa shape index (κ2) is 1170. The Balaban J connectivity index is 0. The summed E-state index contributed by atoms with van der Waals surface area (Å²) in [5, 5.41) is 0. The topological polar surface area (TPSA) is 210 Å². The molecule has 0 aromatic carbocycles. The van der Waals surface area contributed by atoms with Gasteiger partial charge < -0.3 is 36.9 Å². The molecule has 0 aliphatic rings. The molecular weight excluding hydrogens is 84.0 g/mol. The summed E-state index contributed by atoms with van der Waals surface area (Å²) >= 11 is 0. The van der Waals surface area contributed by atoms with E-state index in [1.54, 1.807) is 0 Å². The minimum absolute atomic E-state index is 0. The van der Waals surface area contributed by atoms with Crippen LogP contribution in [0.4, 0.5) is 0 Å². The normalized spacial score (nSPS) is 0. The highest BCUT2D eigenvalue weighted by molar-refractivity contribution is 2.14. The van der Waals surface area contributed by atoms with Crippen molar-refractivity contribution in [2.24, 2.45) is 0 Å². The van der Waals surface area contributed by atoms with E-state index in [-0.39, 0.29) is 36.9 Å². The van der Waals surface area contributed by atoms with Gasteiger partial charge >= 0.3 is 0 Å². The van der Waals surface area contributed by atoms with Gasteiger partial charge in [0.1, 0.15) is 0 Å². The van der Waals surface area contributed by atoms with Gasteiger partial charge in [-0.05, 0) is 0 Å². The fourth-order valence-corrected chi connectivity index (χ4v) is 0. The summed E-state index contributed by atoms with van der Waals surface area (Å²) in [5.74, 6) is 0. The highest BCUT2D eigenvalue weighted by Crippen LogP contribution is -0.476. The van der Waals surface area contributed by atoms with Crippen LogP contribution in [0.25, 0.3) is 0 Å². The molecule has 0 fully saturated rings. The third-order valence-electron chi connectivity index (χ3n) is 0. The van der Waals surface area contributed by atoms with Crippen LogP contribution in [0.3, 0.4) is 0 Å². The summed E-state index contributed by atoms with van der Waals surface area (Å²) in [6, 6.07) is 0. The van der Waals surface area contributed by atoms with Gasteiger partial charge in [-0.25, -0.2) is 0 Å². The van der Waals surface area contributed by atoms with Crippen LogP contribution < -0.4 is 36.9 Å². The Morgan fingerprint density at radius 1 is 0.167 bits per heavy atom. The van der Waals surface area contributed by atoms with Crippen molar-refractivity contribution in [3.63, 3.8) is 0 Å². The van der Waals surface area contributed by atoms with Gasteiger partial charge in [0, 0.05) is 0 Å². The Labute approximate surface area is 38.2 Å². The SMILES string of the molecule is N.N.N.N.N.N. The van der Waals surface area contributed by atoms with Crippen molar-refractivity contribution in [1.82, 2.24) is 36.9 Å². The predicted octanol–water partition coefficient (Wildman–Crippen LogP) is 0.972. The van der Waals surface area contributed by atoms with Crippen LogP contribution in [-0.2, 0) is 0 Å². The Morgan fingerprint density at radius 2 is 0.167 bits per heavy atom. The average Bonchev–Trinajstić information content (AvgIpc) is 0. The monoisotopic (exact) mass is 102 g/mol. The predicted molar refractivity (Wildman–Crippen MR) is 30.1 cm³/mol. The average molecular weight is 102 g/mol. The van der Waals surface area contributed by atoms with E-state index in [0.717, 1.165) is 0 Å². The standard InChI is InChI=1S/6H3N/h6*1H3. The molecule has 0 saturated carbocycles. The van der Waals surface area contributed by atoms with Gasteiger partial charge in [-0.2, -0.15) is 0 Å². The molecule has 0 radical (unpaired) electrons. The van der Waals surface area contributed by atoms with Crippen LogP contribution in [0.1, 0.15) is 0 Å². The van der Waals surface area contributed by atoms with E-state index < -0.39 is 0 Å². The van der Waals surface area contributed by atoms with Crippen LogP contribution in [0.2, 0.25) is 0 Å². The number of hydrogen-bond acceptors (Lipinski definition) is 6. The molecule has 0 saturated heterocycles. The molecule has 0 atom stereocenters. The molecule has 18 N–H and O–H groups in total. The molecule has 6 nitrogen and oxygen atoms in total. The first kappa shape index (κ1) is 2270. The minimum Gasteiger partial charge on any atom is -0.344 e. The van der Waals surface area contributed by atoms with E-state index in [2.05, 4.69) is 0 Å². The first-order chi connectivity index (χ1) is 0. The molecule has 0 amide bonds. The molecule has 0 spiro atoms. The molecule has 6 heteroatoms. The molecule has 6 heavy (non-hydrogen) atoms. The van der Waals surface area contributed by atoms with Gasteiger partial charge in [-0.3, -0.25) is 0 Å². The third-order valence-corrected chi connectivity index (χ3v) is 0. The van der Waals surface area contributed by atoms with Gasteiger partial charge in [0.15, 0.2) is 0 Å². The second-order valence-corrected chi connectivity index (χ2v) is 0. The molecular formula is H18N6. The van der Waals surface area contributed by atoms with Crippen molar-refractivity contribution in [2.75, 3.05) is 0 Å². The van der Waals surface area contributed by atoms with E-state index in [4.69, 9.17) is 0 Å². The molecule has 0 rings (SSSR count). The smallest absolute Gasteiger partial charge is 0.344 e. The van der Waals surface area contributed by atoms with Crippen LogP contribution in [0.15, 0.2) is 0 Å². The van der Waals surface area contributed by atoms with E-state index in [1.807, 2.05) is 0 Å². The lowest BCUT2D eigenvalue weighted by atomic mass is 14.0. The fraction of sp³-hybridized carbons (Fsp3) is 0. The quantitative estimate of drug-likeness (QED) is 0.262. The maximum atomic E-state index is 0. The van der Waals surface area contributed by atoms with Crippen molar-refractivity contribution < 1.29 is 0 Å². The molecule has 48 valence electrons. The van der Waals surface area contributed by atoms with Crippen LogP contribution in [-0.4, -0.2) is 0 Å². The van der Waals surface area contributed by atoms with Crippen LogP contribution in [0.5, 0.6) is 0 Å². The summed E-state index contributed by atoms with van der Waals surface area (Å²) in [7, 11) is 0. The maximum Gasteiger partial charge on any atom is -0.344 e. The second-order valence-electron chi connectivity index (χ2n) is 0. The summed E-state index contributed by atoms with van der Waals surface area (Å²) in [6.45, 7) is 0. The highest BCUT2D eigenvalue weighted by atomic mass is 14.0. The molecule has 0 unspecified atom stereocenters. The first-order valence-corrected chi connectivity index (χ1v) is 0. The lowest BCUT2D eigenvalue weighted by molar-refractivity contribution is 2.13. The zero-order chi connectivity index (χ0) is 0. The van der Waals surface area contributed by atoms with Crippen molar-refractivity contribution in [3.05, 3.63) is 0 Å². The van der Waals surface area contributed by atoms with E-state index in [1.165, 1.54) is 0 Å². The minimum atomic E-state index is 0. The third kappa shape index (κ3) is 497. The molecule has 0 aliphatic carbocycles. The van der Waals surface area contributed by atoms with Crippen molar-refractivity contribution in [3.8, 4) is 0 Å². The van der Waals surface area contributed by atoms with Crippen LogP contribution in [0, 0.1) is 0 Å².